The minimum Gasteiger partial charge on any atom is -0.294 e. The number of nitrogens with zero attached hydrogens (tertiary/aromatic N) is 1. The van der Waals surface area contributed by atoms with Crippen LogP contribution in [0.2, 0.25) is 0 Å². The summed E-state index contributed by atoms with van der Waals surface area (Å²) < 4.78 is 1.03. The van der Waals surface area contributed by atoms with Crippen molar-refractivity contribution in [2.75, 3.05) is 11.5 Å². The van der Waals surface area contributed by atoms with Crippen molar-refractivity contribution < 1.29 is 4.79 Å². The van der Waals surface area contributed by atoms with Gasteiger partial charge >= 0.3 is 0 Å². The predicted octanol–water partition coefficient (Wildman–Crippen LogP) is 6.28. The lowest BCUT2D eigenvalue weighted by molar-refractivity contribution is 0.0977. The van der Waals surface area contributed by atoms with Gasteiger partial charge in [0, 0.05) is 17.9 Å². The Balaban J connectivity index is 2.45. The Morgan fingerprint density at radius 1 is 0.962 bits per heavy atom. The van der Waals surface area contributed by atoms with E-state index in [1.807, 2.05) is 60.7 Å². The van der Waals surface area contributed by atoms with Crippen LogP contribution >= 0.6 is 23.5 Å². The van der Waals surface area contributed by atoms with Crippen molar-refractivity contribution in [3.05, 3.63) is 81.6 Å². The molecule has 0 bridgehead atoms. The summed E-state index contributed by atoms with van der Waals surface area (Å²) in [4.78, 5) is 12.8. The number of nitriles is 1. The van der Waals surface area contributed by atoms with Crippen molar-refractivity contribution in [2.24, 2.45) is 0 Å². The molecule has 1 unspecified atom stereocenters. The number of ketones is 1. The van der Waals surface area contributed by atoms with Gasteiger partial charge in [-0.2, -0.15) is 5.26 Å². The molecule has 0 fully saturated rings. The predicted molar refractivity (Wildman–Crippen MR) is 113 cm³/mol. The zero-order valence-corrected chi connectivity index (χ0v) is 16.8. The molecule has 2 rings (SSSR count). The molecule has 2 aromatic carbocycles. The van der Waals surface area contributed by atoms with E-state index in [1.165, 1.54) is 0 Å². The Kier molecular flexibility index (Phi) is 8.53. The van der Waals surface area contributed by atoms with Crippen LogP contribution in [0.15, 0.2) is 70.5 Å². The molecule has 0 N–H and O–H groups in total. The third-order valence-electron chi connectivity index (χ3n) is 3.93. The maximum atomic E-state index is 12.8. The van der Waals surface area contributed by atoms with Crippen LogP contribution < -0.4 is 0 Å². The molecule has 0 aliphatic carbocycles. The Morgan fingerprint density at radius 2 is 1.50 bits per heavy atom. The van der Waals surface area contributed by atoms with Crippen molar-refractivity contribution in [3.8, 4) is 6.07 Å². The first-order valence-electron chi connectivity index (χ1n) is 8.74. The van der Waals surface area contributed by atoms with Gasteiger partial charge in [0.25, 0.3) is 0 Å². The quantitative estimate of drug-likeness (QED) is 0.378. The Morgan fingerprint density at radius 3 is 2.00 bits per heavy atom. The van der Waals surface area contributed by atoms with Gasteiger partial charge in [-0.05, 0) is 17.1 Å². The van der Waals surface area contributed by atoms with Crippen molar-refractivity contribution in [2.45, 2.75) is 26.2 Å². The van der Waals surface area contributed by atoms with Crippen molar-refractivity contribution in [1.82, 2.24) is 0 Å². The van der Waals surface area contributed by atoms with Gasteiger partial charge in [0.2, 0.25) is 0 Å². The average molecular weight is 382 g/mol. The van der Waals surface area contributed by atoms with Gasteiger partial charge in [0.05, 0.1) is 15.9 Å². The van der Waals surface area contributed by atoms with E-state index < -0.39 is 0 Å². The third-order valence-corrected chi connectivity index (χ3v) is 6.18. The number of rotatable bonds is 9. The van der Waals surface area contributed by atoms with E-state index in [9.17, 15) is 10.1 Å². The molecule has 0 heterocycles. The lowest BCUT2D eigenvalue weighted by atomic mass is 9.86. The first-order chi connectivity index (χ1) is 12.7. The van der Waals surface area contributed by atoms with E-state index in [0.29, 0.717) is 17.6 Å². The molecule has 0 aliphatic heterocycles. The highest BCUT2D eigenvalue weighted by Gasteiger charge is 2.24. The second-order valence-corrected chi connectivity index (χ2v) is 8.44. The molecule has 2 aromatic rings. The molecule has 4 heteroatoms. The van der Waals surface area contributed by atoms with Crippen LogP contribution in [0, 0.1) is 11.3 Å². The smallest absolute Gasteiger partial charge is 0.163 e. The summed E-state index contributed by atoms with van der Waals surface area (Å²) in [6, 6.07) is 21.6. The van der Waals surface area contributed by atoms with Crippen LogP contribution in [0.4, 0.5) is 0 Å². The van der Waals surface area contributed by atoms with E-state index in [2.05, 4.69) is 19.9 Å². The van der Waals surface area contributed by atoms with Crippen molar-refractivity contribution >= 4 is 29.3 Å². The first-order valence-corrected chi connectivity index (χ1v) is 10.7. The number of carbonyl (C=O) groups excluding carboxylic acids is 1. The molecule has 26 heavy (non-hydrogen) atoms. The fourth-order valence-electron chi connectivity index (χ4n) is 2.72. The highest BCUT2D eigenvalue weighted by atomic mass is 32.2. The van der Waals surface area contributed by atoms with Gasteiger partial charge in [-0.15, -0.1) is 23.5 Å². The summed E-state index contributed by atoms with van der Waals surface area (Å²) in [6.07, 6.45) is 0.301. The van der Waals surface area contributed by atoms with Gasteiger partial charge in [0.1, 0.15) is 0 Å². The lowest BCUT2D eigenvalue weighted by Gasteiger charge is -2.19. The fraction of sp³-hybridized carbons (Fsp3) is 0.273. The van der Waals surface area contributed by atoms with Crippen molar-refractivity contribution in [1.29, 1.82) is 5.26 Å². The largest absolute Gasteiger partial charge is 0.294 e. The van der Waals surface area contributed by atoms with Gasteiger partial charge in [-0.25, -0.2) is 0 Å². The Labute approximate surface area is 164 Å². The summed E-state index contributed by atoms with van der Waals surface area (Å²) in [6.45, 7) is 4.17. The van der Waals surface area contributed by atoms with Crippen LogP contribution in [0.5, 0.6) is 0 Å². The summed E-state index contributed by atoms with van der Waals surface area (Å²) in [7, 11) is 0. The van der Waals surface area contributed by atoms with Crippen LogP contribution in [-0.4, -0.2) is 17.3 Å². The van der Waals surface area contributed by atoms with E-state index in [-0.39, 0.29) is 11.7 Å². The van der Waals surface area contributed by atoms with Crippen LogP contribution in [0.1, 0.15) is 42.1 Å². The molecule has 1 atom stereocenters. The normalized spacial score (nSPS) is 11.4. The molecule has 134 valence electrons. The van der Waals surface area contributed by atoms with Gasteiger partial charge in [0.15, 0.2) is 5.78 Å². The monoisotopic (exact) mass is 381 g/mol. The lowest BCUT2D eigenvalue weighted by Crippen LogP contribution is -2.10. The summed E-state index contributed by atoms with van der Waals surface area (Å²) >= 11 is 3.38. The first kappa shape index (κ1) is 20.4. The molecule has 2 nitrogen and oxygen atoms in total. The van der Waals surface area contributed by atoms with Crippen LogP contribution in [0.25, 0.3) is 0 Å². The highest BCUT2D eigenvalue weighted by Crippen LogP contribution is 2.39. The van der Waals surface area contributed by atoms with Crippen LogP contribution in [-0.2, 0) is 0 Å². The molecule has 0 spiro atoms. The molecule has 0 saturated carbocycles. The number of carbonyl (C=O) groups is 1. The minimum atomic E-state index is -0.220. The van der Waals surface area contributed by atoms with Gasteiger partial charge in [-0.3, -0.25) is 4.79 Å². The van der Waals surface area contributed by atoms with E-state index in [4.69, 9.17) is 0 Å². The fourth-order valence-corrected chi connectivity index (χ4v) is 4.98. The SMILES string of the molecule is CCSC(SCC)=C(C#N)C(CC(=O)c1ccccc1)c1ccccc1. The molecular weight excluding hydrogens is 358 g/mol. The zero-order valence-electron chi connectivity index (χ0n) is 15.1. The van der Waals surface area contributed by atoms with Crippen LogP contribution in [0.3, 0.4) is 0 Å². The number of benzene rings is 2. The molecule has 0 aromatic heterocycles. The Hall–Kier alpha value is -1.96. The average Bonchev–Trinajstić information content (AvgIpc) is 2.69. The Bertz CT molecular complexity index is 771. The number of thioether (sulfide) groups is 2. The molecular formula is C22H23NOS2. The van der Waals surface area contributed by atoms with Crippen molar-refractivity contribution in [3.63, 3.8) is 0 Å². The van der Waals surface area contributed by atoms with E-state index >= 15 is 0 Å². The van der Waals surface area contributed by atoms with Gasteiger partial charge < -0.3 is 0 Å². The molecule has 0 amide bonds. The molecule has 0 aliphatic rings. The third kappa shape index (κ3) is 5.52. The maximum absolute atomic E-state index is 12.8. The number of hydrogen-bond donors (Lipinski definition) is 0. The standard InChI is InChI=1S/C22H23NOS2/c1-3-25-22(26-4-2)20(16-23)19(17-11-7-5-8-12-17)15-21(24)18-13-9-6-10-14-18/h5-14,19H,3-4,15H2,1-2H3. The molecule has 0 saturated heterocycles. The second-order valence-electron chi connectivity index (χ2n) is 5.64. The van der Waals surface area contributed by atoms with E-state index in [0.717, 1.165) is 21.3 Å². The highest BCUT2D eigenvalue weighted by molar-refractivity contribution is 8.22. The number of Topliss-reactive ketones (excluding diaryl/α,β-unsaturated/α-hetero) is 1. The van der Waals surface area contributed by atoms with Gasteiger partial charge in [-0.1, -0.05) is 74.5 Å². The molecule has 0 radical (unpaired) electrons. The zero-order chi connectivity index (χ0) is 18.8. The summed E-state index contributed by atoms with van der Waals surface area (Å²) in [5, 5.41) is 9.92. The summed E-state index contributed by atoms with van der Waals surface area (Å²) in [5.74, 6) is 1.65. The second kappa shape index (κ2) is 10.9. The number of hydrogen-bond acceptors (Lipinski definition) is 4. The minimum absolute atomic E-state index is 0.0644. The topological polar surface area (TPSA) is 40.9 Å². The number of allylic oxidation sites excluding steroid dienone is 1. The summed E-state index contributed by atoms with van der Waals surface area (Å²) in [5.41, 5.74) is 2.41. The maximum Gasteiger partial charge on any atom is 0.163 e. The van der Waals surface area contributed by atoms with E-state index in [1.54, 1.807) is 23.5 Å².